The van der Waals surface area contributed by atoms with Crippen LogP contribution in [0.25, 0.3) is 11.5 Å². The van der Waals surface area contributed by atoms with Crippen LogP contribution in [0, 0.1) is 0 Å². The van der Waals surface area contributed by atoms with Gasteiger partial charge in [-0.05, 0) is 26.0 Å². The van der Waals surface area contributed by atoms with Gasteiger partial charge in [0.05, 0.1) is 11.1 Å². The third-order valence-electron chi connectivity index (χ3n) is 2.11. The van der Waals surface area contributed by atoms with Crippen LogP contribution >= 0.6 is 11.6 Å². The highest BCUT2D eigenvalue weighted by Gasteiger charge is 2.22. The molecule has 0 aliphatic carbocycles. The number of benzene rings is 1. The van der Waals surface area contributed by atoms with Gasteiger partial charge in [0.25, 0.3) is 0 Å². The summed E-state index contributed by atoms with van der Waals surface area (Å²) in [5.74, 6) is 1.29. The number of halogens is 1. The van der Waals surface area contributed by atoms with Crippen molar-refractivity contribution in [1.82, 2.24) is 4.98 Å². The van der Waals surface area contributed by atoms with E-state index < -0.39 is 4.87 Å². The van der Waals surface area contributed by atoms with Crippen molar-refractivity contribution in [2.24, 2.45) is 0 Å². The number of aromatic nitrogens is 1. The Balaban J connectivity index is 2.37. The van der Waals surface area contributed by atoms with Gasteiger partial charge in [0.1, 0.15) is 5.76 Å². The second-order valence-electron chi connectivity index (χ2n) is 3.87. The zero-order valence-electron chi connectivity index (χ0n) is 8.70. The molecule has 1 heterocycles. The van der Waals surface area contributed by atoms with Crippen LogP contribution in [-0.4, -0.2) is 4.98 Å². The van der Waals surface area contributed by atoms with Crippen LogP contribution in [0.1, 0.15) is 19.6 Å². The minimum absolute atomic E-state index is 0.514. The van der Waals surface area contributed by atoms with E-state index in [1.165, 1.54) is 0 Å². The summed E-state index contributed by atoms with van der Waals surface area (Å²) in [5.41, 5.74) is 0.963. The van der Waals surface area contributed by atoms with Gasteiger partial charge >= 0.3 is 0 Å². The summed E-state index contributed by atoms with van der Waals surface area (Å²) in [4.78, 5) is 3.69. The van der Waals surface area contributed by atoms with Crippen molar-refractivity contribution in [2.75, 3.05) is 0 Å². The molecule has 0 bridgehead atoms. The third-order valence-corrected chi connectivity index (χ3v) is 2.30. The average Bonchev–Trinajstić information content (AvgIpc) is 2.67. The highest BCUT2D eigenvalue weighted by molar-refractivity contribution is 6.23. The number of hydrogen-bond acceptors (Lipinski definition) is 2. The lowest BCUT2D eigenvalue weighted by molar-refractivity contribution is 0.472. The van der Waals surface area contributed by atoms with Crippen LogP contribution in [0.3, 0.4) is 0 Å². The summed E-state index contributed by atoms with van der Waals surface area (Å²) >= 11 is 6.13. The Morgan fingerprint density at radius 2 is 1.87 bits per heavy atom. The molecule has 2 nitrogen and oxygen atoms in total. The maximum atomic E-state index is 6.13. The maximum absolute atomic E-state index is 6.13. The molecule has 78 valence electrons. The van der Waals surface area contributed by atoms with Crippen LogP contribution in [0.2, 0.25) is 0 Å². The van der Waals surface area contributed by atoms with E-state index in [4.69, 9.17) is 16.0 Å². The molecule has 0 unspecified atom stereocenters. The molecule has 2 aromatic rings. The first kappa shape index (κ1) is 10.2. The topological polar surface area (TPSA) is 26.0 Å². The fourth-order valence-electron chi connectivity index (χ4n) is 1.26. The molecule has 0 radical (unpaired) electrons. The van der Waals surface area contributed by atoms with Gasteiger partial charge in [-0.1, -0.05) is 18.2 Å². The Hall–Kier alpha value is -1.28. The Labute approximate surface area is 93.9 Å². The molecule has 0 saturated heterocycles. The summed E-state index contributed by atoms with van der Waals surface area (Å²) in [5, 5.41) is 0. The van der Waals surface area contributed by atoms with Gasteiger partial charge in [0, 0.05) is 5.56 Å². The smallest absolute Gasteiger partial charge is 0.226 e. The number of oxazole rings is 1. The Bertz CT molecular complexity index is 442. The zero-order valence-corrected chi connectivity index (χ0v) is 9.45. The molecule has 0 aliphatic rings. The van der Waals surface area contributed by atoms with E-state index in [-0.39, 0.29) is 0 Å². The van der Waals surface area contributed by atoms with Crippen molar-refractivity contribution >= 4 is 11.6 Å². The number of rotatable bonds is 2. The minimum atomic E-state index is -0.514. The van der Waals surface area contributed by atoms with E-state index in [2.05, 4.69) is 4.98 Å². The summed E-state index contributed by atoms with van der Waals surface area (Å²) in [6.07, 6.45) is 1.68. The fourth-order valence-corrected chi connectivity index (χ4v) is 1.35. The van der Waals surface area contributed by atoms with Crippen molar-refractivity contribution in [1.29, 1.82) is 0 Å². The average molecular weight is 222 g/mol. The molecule has 0 aliphatic heterocycles. The maximum Gasteiger partial charge on any atom is 0.226 e. The summed E-state index contributed by atoms with van der Waals surface area (Å²) in [6, 6.07) is 9.77. The van der Waals surface area contributed by atoms with Gasteiger partial charge in [0.2, 0.25) is 5.89 Å². The molecule has 0 atom stereocenters. The van der Waals surface area contributed by atoms with E-state index in [9.17, 15) is 0 Å². The van der Waals surface area contributed by atoms with Gasteiger partial charge < -0.3 is 4.42 Å². The van der Waals surface area contributed by atoms with Gasteiger partial charge in [-0.15, -0.1) is 11.6 Å². The fraction of sp³-hybridized carbons (Fsp3) is 0.250. The van der Waals surface area contributed by atoms with E-state index >= 15 is 0 Å². The van der Waals surface area contributed by atoms with Crippen LogP contribution in [0.5, 0.6) is 0 Å². The van der Waals surface area contributed by atoms with Crippen molar-refractivity contribution in [3.63, 3.8) is 0 Å². The normalized spacial score (nSPS) is 11.7. The van der Waals surface area contributed by atoms with E-state index in [1.807, 2.05) is 44.2 Å². The highest BCUT2D eigenvalue weighted by atomic mass is 35.5. The Morgan fingerprint density at radius 3 is 2.40 bits per heavy atom. The molecule has 1 aromatic carbocycles. The van der Waals surface area contributed by atoms with Gasteiger partial charge in [-0.3, -0.25) is 0 Å². The van der Waals surface area contributed by atoms with E-state index in [0.29, 0.717) is 11.7 Å². The first-order valence-corrected chi connectivity index (χ1v) is 5.16. The number of hydrogen-bond donors (Lipinski definition) is 0. The van der Waals surface area contributed by atoms with E-state index in [1.54, 1.807) is 6.20 Å². The molecule has 0 fully saturated rings. The van der Waals surface area contributed by atoms with Gasteiger partial charge in [-0.2, -0.15) is 0 Å². The number of alkyl halides is 1. The summed E-state index contributed by atoms with van der Waals surface area (Å²) in [6.45, 7) is 3.76. The summed E-state index contributed by atoms with van der Waals surface area (Å²) in [7, 11) is 0. The monoisotopic (exact) mass is 221 g/mol. The van der Waals surface area contributed by atoms with Crippen molar-refractivity contribution < 1.29 is 4.42 Å². The largest absolute Gasteiger partial charge is 0.439 e. The Morgan fingerprint density at radius 1 is 1.20 bits per heavy atom. The molecule has 15 heavy (non-hydrogen) atoms. The minimum Gasteiger partial charge on any atom is -0.439 e. The molecule has 2 rings (SSSR count). The first-order valence-electron chi connectivity index (χ1n) is 4.78. The molecule has 1 aromatic heterocycles. The molecule has 0 amide bonds. The van der Waals surface area contributed by atoms with Crippen LogP contribution < -0.4 is 0 Å². The molecular weight excluding hydrogens is 210 g/mol. The quantitative estimate of drug-likeness (QED) is 0.721. The molecule has 0 spiro atoms. The van der Waals surface area contributed by atoms with Gasteiger partial charge in [-0.25, -0.2) is 4.98 Å². The van der Waals surface area contributed by atoms with Crippen molar-refractivity contribution in [3.8, 4) is 11.5 Å². The summed E-state index contributed by atoms with van der Waals surface area (Å²) < 4.78 is 5.59. The number of nitrogens with zero attached hydrogens (tertiary/aromatic N) is 1. The van der Waals surface area contributed by atoms with Crippen molar-refractivity contribution in [2.45, 2.75) is 18.7 Å². The van der Waals surface area contributed by atoms with Gasteiger partial charge in [0.15, 0.2) is 0 Å². The first-order chi connectivity index (χ1) is 7.07. The lowest BCUT2D eigenvalue weighted by atomic mass is 10.2. The van der Waals surface area contributed by atoms with Crippen LogP contribution in [0.15, 0.2) is 40.9 Å². The lowest BCUT2D eigenvalue weighted by Gasteiger charge is -2.10. The van der Waals surface area contributed by atoms with E-state index in [0.717, 1.165) is 5.56 Å². The predicted octanol–water partition coefficient (Wildman–Crippen LogP) is 3.82. The molecule has 3 heteroatoms. The molecule has 0 N–H and O–H groups in total. The van der Waals surface area contributed by atoms with Crippen molar-refractivity contribution in [3.05, 3.63) is 42.3 Å². The second kappa shape index (κ2) is 3.70. The standard InChI is InChI=1S/C12H12ClNO/c1-12(2,13)10-8-14-11(15-10)9-6-4-3-5-7-9/h3-8H,1-2H3. The van der Waals surface area contributed by atoms with Crippen LogP contribution in [-0.2, 0) is 4.87 Å². The predicted molar refractivity (Wildman–Crippen MR) is 60.8 cm³/mol. The lowest BCUT2D eigenvalue weighted by Crippen LogP contribution is -2.04. The second-order valence-corrected chi connectivity index (χ2v) is 4.81. The SMILES string of the molecule is CC(C)(Cl)c1cnc(-c2ccccc2)o1. The molecular formula is C12H12ClNO. The molecule has 0 saturated carbocycles. The van der Waals surface area contributed by atoms with Crippen LogP contribution in [0.4, 0.5) is 0 Å². The third kappa shape index (κ3) is 2.21. The Kier molecular flexibility index (Phi) is 2.53. The zero-order chi connectivity index (χ0) is 10.9. The highest BCUT2D eigenvalue weighted by Crippen LogP contribution is 2.30.